The maximum Gasteiger partial charge on any atom is 0.334 e. The fourth-order valence-corrected chi connectivity index (χ4v) is 2.01. The van der Waals surface area contributed by atoms with E-state index in [4.69, 9.17) is 4.74 Å². The van der Waals surface area contributed by atoms with Crippen molar-refractivity contribution in [3.8, 4) is 0 Å². The molecule has 16 heavy (non-hydrogen) atoms. The van der Waals surface area contributed by atoms with Crippen LogP contribution in [0.4, 0.5) is 0 Å². The summed E-state index contributed by atoms with van der Waals surface area (Å²) < 4.78 is 5.18. The van der Waals surface area contributed by atoms with Crippen LogP contribution in [0.3, 0.4) is 0 Å². The van der Waals surface area contributed by atoms with Gasteiger partial charge in [-0.15, -0.1) is 0 Å². The van der Waals surface area contributed by atoms with Gasteiger partial charge < -0.3 is 9.53 Å². The van der Waals surface area contributed by atoms with Gasteiger partial charge in [0.25, 0.3) is 0 Å². The summed E-state index contributed by atoms with van der Waals surface area (Å²) >= 11 is 0. The molecule has 0 aromatic heterocycles. The molecule has 1 heterocycles. The van der Waals surface area contributed by atoms with Crippen molar-refractivity contribution in [1.82, 2.24) is 0 Å². The lowest BCUT2D eigenvalue weighted by molar-refractivity contribution is -0.153. The van der Waals surface area contributed by atoms with Crippen molar-refractivity contribution in [3.05, 3.63) is 11.6 Å². The van der Waals surface area contributed by atoms with Gasteiger partial charge in [-0.2, -0.15) is 0 Å². The summed E-state index contributed by atoms with van der Waals surface area (Å²) in [5.74, 6) is -1.24. The number of ether oxygens (including phenoxy) is 1. The normalized spacial score (nSPS) is 26.0. The number of carbonyl (C=O) groups excluding carboxylic acids is 3. The number of carbonyl (C=O) groups is 3. The maximum absolute atomic E-state index is 11.5. The van der Waals surface area contributed by atoms with Crippen LogP contribution in [0.5, 0.6) is 0 Å². The van der Waals surface area contributed by atoms with E-state index >= 15 is 0 Å². The molecule has 0 saturated heterocycles. The molecule has 4 nitrogen and oxygen atoms in total. The van der Waals surface area contributed by atoms with Crippen molar-refractivity contribution in [3.63, 3.8) is 0 Å². The van der Waals surface area contributed by atoms with Crippen LogP contribution in [-0.4, -0.2) is 23.1 Å². The van der Waals surface area contributed by atoms with E-state index < -0.39 is 17.5 Å². The second-order valence-electron chi connectivity index (χ2n) is 4.47. The lowest BCUT2D eigenvalue weighted by atomic mass is 9.82. The van der Waals surface area contributed by atoms with Crippen molar-refractivity contribution in [2.24, 2.45) is 5.92 Å². The molecule has 0 aromatic carbocycles. The summed E-state index contributed by atoms with van der Waals surface area (Å²) in [5.41, 5.74) is -0.490. The molecule has 2 atom stereocenters. The first-order chi connectivity index (χ1) is 7.26. The summed E-state index contributed by atoms with van der Waals surface area (Å²) in [6, 6.07) is 0. The van der Waals surface area contributed by atoms with Gasteiger partial charge in [-0.1, -0.05) is 0 Å². The van der Waals surface area contributed by atoms with E-state index in [0.29, 0.717) is 5.57 Å². The Morgan fingerprint density at radius 2 is 2.00 bits per heavy atom. The lowest BCUT2D eigenvalue weighted by Crippen LogP contribution is -2.39. The molecule has 0 aromatic rings. The van der Waals surface area contributed by atoms with E-state index in [1.54, 1.807) is 19.9 Å². The minimum atomic E-state index is -0.974. The van der Waals surface area contributed by atoms with Crippen molar-refractivity contribution in [2.45, 2.75) is 39.7 Å². The highest BCUT2D eigenvalue weighted by Gasteiger charge is 2.43. The van der Waals surface area contributed by atoms with Crippen LogP contribution in [-0.2, 0) is 19.1 Å². The molecule has 1 unspecified atom stereocenters. The van der Waals surface area contributed by atoms with Gasteiger partial charge in [0.1, 0.15) is 17.2 Å². The molecule has 0 spiro atoms. The summed E-state index contributed by atoms with van der Waals surface area (Å²) in [5, 5.41) is 0. The molecule has 0 fully saturated rings. The van der Waals surface area contributed by atoms with Crippen LogP contribution in [0.25, 0.3) is 0 Å². The summed E-state index contributed by atoms with van der Waals surface area (Å²) in [6.07, 6.45) is 1.73. The Bertz CT molecular complexity index is 380. The Labute approximate surface area is 94.7 Å². The molecule has 1 aliphatic heterocycles. The van der Waals surface area contributed by atoms with Gasteiger partial charge in [-0.3, -0.25) is 4.79 Å². The molecule has 1 rings (SSSR count). The summed E-state index contributed by atoms with van der Waals surface area (Å²) in [6.45, 7) is 6.13. The summed E-state index contributed by atoms with van der Waals surface area (Å²) in [4.78, 5) is 33.9. The third-order valence-corrected chi connectivity index (χ3v) is 2.81. The van der Waals surface area contributed by atoms with E-state index in [1.807, 2.05) is 0 Å². The minimum absolute atomic E-state index is 0.0876. The van der Waals surface area contributed by atoms with E-state index in [2.05, 4.69) is 0 Å². The Morgan fingerprint density at radius 1 is 1.44 bits per heavy atom. The molecule has 88 valence electrons. The van der Waals surface area contributed by atoms with Crippen LogP contribution < -0.4 is 0 Å². The molecule has 0 aliphatic carbocycles. The first kappa shape index (κ1) is 12.6. The van der Waals surface area contributed by atoms with Gasteiger partial charge >= 0.3 is 5.97 Å². The van der Waals surface area contributed by atoms with Crippen LogP contribution in [0.15, 0.2) is 11.6 Å². The monoisotopic (exact) mass is 224 g/mol. The SMILES string of the molecule is CC(=O)CC(C(C)=O)[C@@]1(C)C=C(C)C(=O)O1. The fraction of sp³-hybridized carbons (Fsp3) is 0.583. The average molecular weight is 224 g/mol. The second kappa shape index (κ2) is 4.20. The predicted molar refractivity (Wildman–Crippen MR) is 57.7 cm³/mol. The Hall–Kier alpha value is -1.45. The second-order valence-corrected chi connectivity index (χ2v) is 4.47. The molecular weight excluding hydrogens is 208 g/mol. The molecule has 0 radical (unpaired) electrons. The first-order valence-corrected chi connectivity index (χ1v) is 5.19. The topological polar surface area (TPSA) is 60.4 Å². The maximum atomic E-state index is 11.5. The van der Waals surface area contributed by atoms with E-state index in [1.165, 1.54) is 13.8 Å². The largest absolute Gasteiger partial charge is 0.451 e. The number of rotatable bonds is 4. The van der Waals surface area contributed by atoms with Crippen LogP contribution in [0.1, 0.15) is 34.1 Å². The van der Waals surface area contributed by atoms with Crippen LogP contribution in [0.2, 0.25) is 0 Å². The Balaban J connectivity index is 3.00. The van der Waals surface area contributed by atoms with Gasteiger partial charge in [0, 0.05) is 12.0 Å². The summed E-state index contributed by atoms with van der Waals surface area (Å²) in [7, 11) is 0. The van der Waals surface area contributed by atoms with E-state index in [-0.39, 0.29) is 18.0 Å². The molecule has 1 aliphatic rings. The number of Topliss-reactive ketones (excluding diaryl/α,β-unsaturated/α-hetero) is 2. The van der Waals surface area contributed by atoms with E-state index in [9.17, 15) is 14.4 Å². The third kappa shape index (κ3) is 2.38. The number of cyclic esters (lactones) is 1. The molecule has 0 saturated carbocycles. The zero-order valence-corrected chi connectivity index (χ0v) is 9.99. The highest BCUT2D eigenvalue weighted by atomic mass is 16.6. The zero-order chi connectivity index (χ0) is 12.5. The van der Waals surface area contributed by atoms with Crippen molar-refractivity contribution < 1.29 is 19.1 Å². The highest BCUT2D eigenvalue weighted by Crippen LogP contribution is 2.34. The number of hydrogen-bond acceptors (Lipinski definition) is 4. The molecule has 0 N–H and O–H groups in total. The molecule has 4 heteroatoms. The van der Waals surface area contributed by atoms with Gasteiger partial charge in [-0.05, 0) is 33.8 Å². The van der Waals surface area contributed by atoms with Crippen molar-refractivity contribution >= 4 is 17.5 Å². The van der Waals surface area contributed by atoms with Gasteiger partial charge in [0.05, 0.1) is 5.92 Å². The lowest BCUT2D eigenvalue weighted by Gasteiger charge is -2.29. The molecule has 0 amide bonds. The third-order valence-electron chi connectivity index (χ3n) is 2.81. The Morgan fingerprint density at radius 3 is 2.31 bits per heavy atom. The van der Waals surface area contributed by atoms with Crippen molar-refractivity contribution in [1.29, 1.82) is 0 Å². The zero-order valence-electron chi connectivity index (χ0n) is 9.99. The van der Waals surface area contributed by atoms with Crippen LogP contribution >= 0.6 is 0 Å². The number of ketones is 2. The highest BCUT2D eigenvalue weighted by molar-refractivity contribution is 5.93. The smallest absolute Gasteiger partial charge is 0.334 e. The van der Waals surface area contributed by atoms with Gasteiger partial charge in [0.2, 0.25) is 0 Å². The van der Waals surface area contributed by atoms with Crippen molar-refractivity contribution in [2.75, 3.05) is 0 Å². The standard InChI is InChI=1S/C12H16O4/c1-7-6-12(4,16-11(7)15)10(9(3)14)5-8(2)13/h6,10H,5H2,1-4H3/t10?,12-/m1/s1. The number of esters is 1. The van der Waals surface area contributed by atoms with Gasteiger partial charge in [0.15, 0.2) is 0 Å². The van der Waals surface area contributed by atoms with E-state index in [0.717, 1.165) is 0 Å². The fourth-order valence-electron chi connectivity index (χ4n) is 2.01. The predicted octanol–water partition coefficient (Wildman–Crippen LogP) is 1.43. The molecular formula is C12H16O4. The quantitative estimate of drug-likeness (QED) is 0.678. The Kier molecular flexibility index (Phi) is 3.31. The first-order valence-electron chi connectivity index (χ1n) is 5.19. The van der Waals surface area contributed by atoms with Gasteiger partial charge in [-0.25, -0.2) is 4.79 Å². The van der Waals surface area contributed by atoms with Crippen LogP contribution in [0, 0.1) is 5.92 Å². The number of hydrogen-bond donors (Lipinski definition) is 0. The minimum Gasteiger partial charge on any atom is -0.451 e. The molecule has 0 bridgehead atoms. The average Bonchev–Trinajstić information content (AvgIpc) is 2.37.